The molecule has 0 aliphatic carbocycles. The molecular formula is C16H31NO2. The van der Waals surface area contributed by atoms with Crippen LogP contribution in [0.4, 0.5) is 0 Å². The zero-order chi connectivity index (χ0) is 14.9. The van der Waals surface area contributed by atoms with Gasteiger partial charge in [0.05, 0.1) is 5.60 Å². The van der Waals surface area contributed by atoms with Crippen molar-refractivity contribution in [2.24, 2.45) is 5.92 Å². The summed E-state index contributed by atoms with van der Waals surface area (Å²) in [5, 5.41) is 2.91. The molecule has 0 heterocycles. The zero-order valence-electron chi connectivity index (χ0n) is 13.3. The number of rotatable bonds is 10. The molecule has 1 N–H and O–H groups in total. The van der Waals surface area contributed by atoms with Gasteiger partial charge in [-0.1, -0.05) is 19.4 Å². The molecule has 112 valence electrons. The summed E-state index contributed by atoms with van der Waals surface area (Å²) in [6.45, 7) is 15.7. The van der Waals surface area contributed by atoms with Gasteiger partial charge in [-0.3, -0.25) is 4.79 Å². The highest BCUT2D eigenvalue weighted by atomic mass is 16.5. The highest BCUT2D eigenvalue weighted by Crippen LogP contribution is 2.20. The van der Waals surface area contributed by atoms with Gasteiger partial charge in [0, 0.05) is 19.6 Å². The third-order valence-corrected chi connectivity index (χ3v) is 3.23. The van der Waals surface area contributed by atoms with Gasteiger partial charge < -0.3 is 10.1 Å². The van der Waals surface area contributed by atoms with E-state index in [0.29, 0.717) is 12.3 Å². The van der Waals surface area contributed by atoms with E-state index >= 15 is 0 Å². The van der Waals surface area contributed by atoms with Gasteiger partial charge in [-0.25, -0.2) is 0 Å². The molecule has 0 fully saturated rings. The van der Waals surface area contributed by atoms with Crippen molar-refractivity contribution in [3.63, 3.8) is 0 Å². The van der Waals surface area contributed by atoms with Crippen LogP contribution in [0.3, 0.4) is 0 Å². The Kier molecular flexibility index (Phi) is 8.73. The maximum Gasteiger partial charge on any atom is 0.219 e. The monoisotopic (exact) mass is 269 g/mol. The van der Waals surface area contributed by atoms with Crippen molar-refractivity contribution in [1.29, 1.82) is 0 Å². The van der Waals surface area contributed by atoms with Crippen molar-refractivity contribution in [2.75, 3.05) is 13.2 Å². The van der Waals surface area contributed by atoms with Gasteiger partial charge >= 0.3 is 0 Å². The van der Waals surface area contributed by atoms with Crippen LogP contribution < -0.4 is 5.32 Å². The van der Waals surface area contributed by atoms with Gasteiger partial charge in [0.2, 0.25) is 5.91 Å². The minimum atomic E-state index is -0.0919. The lowest BCUT2D eigenvalue weighted by Crippen LogP contribution is -2.29. The van der Waals surface area contributed by atoms with E-state index in [-0.39, 0.29) is 11.5 Å². The smallest absolute Gasteiger partial charge is 0.219 e. The highest BCUT2D eigenvalue weighted by Gasteiger charge is 2.18. The molecule has 0 spiro atoms. The van der Waals surface area contributed by atoms with Crippen LogP contribution in [0, 0.1) is 5.92 Å². The van der Waals surface area contributed by atoms with Crippen LogP contribution in [0.1, 0.15) is 60.3 Å². The van der Waals surface area contributed by atoms with Crippen LogP contribution >= 0.6 is 0 Å². The molecule has 0 aromatic heterocycles. The predicted octanol–water partition coefficient (Wildman–Crippen LogP) is 3.69. The molecule has 0 aliphatic heterocycles. The Morgan fingerprint density at radius 2 is 2.05 bits per heavy atom. The Bertz CT molecular complexity index is 284. The maximum absolute atomic E-state index is 11.1. The first-order chi connectivity index (χ1) is 8.76. The minimum Gasteiger partial charge on any atom is -0.376 e. The number of amides is 1. The molecule has 19 heavy (non-hydrogen) atoms. The molecular weight excluding hydrogens is 238 g/mol. The summed E-state index contributed by atoms with van der Waals surface area (Å²) in [4.78, 5) is 11.1. The van der Waals surface area contributed by atoms with Gasteiger partial charge in [0.15, 0.2) is 0 Å². The average Bonchev–Trinajstić information content (AvgIpc) is 2.33. The molecule has 0 radical (unpaired) electrons. The fraction of sp³-hybridized carbons (Fsp3) is 0.812. The Morgan fingerprint density at radius 3 is 2.58 bits per heavy atom. The molecule has 1 amide bonds. The SMILES string of the molecule is C=C(C)CCC(C)(C)OCCC(C)CNC(=O)CC. The Hall–Kier alpha value is -0.830. The molecule has 0 aromatic carbocycles. The first-order valence-electron chi connectivity index (χ1n) is 7.32. The molecule has 3 nitrogen and oxygen atoms in total. The molecule has 1 atom stereocenters. The number of hydrogen-bond acceptors (Lipinski definition) is 2. The fourth-order valence-electron chi connectivity index (χ4n) is 1.64. The number of allylic oxidation sites excluding steroid dienone is 1. The zero-order valence-corrected chi connectivity index (χ0v) is 13.3. The second kappa shape index (κ2) is 9.13. The second-order valence-corrected chi connectivity index (χ2v) is 6.12. The third kappa shape index (κ3) is 10.8. The second-order valence-electron chi connectivity index (χ2n) is 6.12. The number of nitrogens with one attached hydrogen (secondary N) is 1. The quantitative estimate of drug-likeness (QED) is 0.614. The molecule has 1 unspecified atom stereocenters. The van der Waals surface area contributed by atoms with Crippen LogP contribution in [0.2, 0.25) is 0 Å². The summed E-state index contributed by atoms with van der Waals surface area (Å²) >= 11 is 0. The lowest BCUT2D eigenvalue weighted by atomic mass is 9.99. The largest absolute Gasteiger partial charge is 0.376 e. The van der Waals surface area contributed by atoms with Crippen LogP contribution in [0.15, 0.2) is 12.2 Å². The van der Waals surface area contributed by atoms with E-state index in [1.54, 1.807) is 0 Å². The number of carbonyl (C=O) groups is 1. The molecule has 0 aliphatic rings. The van der Waals surface area contributed by atoms with Crippen LogP contribution in [0.5, 0.6) is 0 Å². The topological polar surface area (TPSA) is 38.3 Å². The van der Waals surface area contributed by atoms with Gasteiger partial charge in [0.25, 0.3) is 0 Å². The van der Waals surface area contributed by atoms with E-state index in [0.717, 1.165) is 32.4 Å². The van der Waals surface area contributed by atoms with E-state index in [9.17, 15) is 4.79 Å². The summed E-state index contributed by atoms with van der Waals surface area (Å²) in [6.07, 6.45) is 3.54. The van der Waals surface area contributed by atoms with Crippen molar-refractivity contribution in [3.05, 3.63) is 12.2 Å². The van der Waals surface area contributed by atoms with Crippen molar-refractivity contribution in [3.8, 4) is 0 Å². The summed E-state index contributed by atoms with van der Waals surface area (Å²) in [5.41, 5.74) is 1.11. The summed E-state index contributed by atoms with van der Waals surface area (Å²) in [7, 11) is 0. The molecule has 0 bridgehead atoms. The summed E-state index contributed by atoms with van der Waals surface area (Å²) in [5.74, 6) is 0.571. The van der Waals surface area contributed by atoms with Gasteiger partial charge in [-0.15, -0.1) is 6.58 Å². The Morgan fingerprint density at radius 1 is 1.42 bits per heavy atom. The van der Waals surface area contributed by atoms with Crippen LogP contribution in [-0.2, 0) is 9.53 Å². The molecule has 0 aromatic rings. The molecule has 3 heteroatoms. The highest BCUT2D eigenvalue weighted by molar-refractivity contribution is 5.75. The van der Waals surface area contributed by atoms with Crippen LogP contribution in [0.25, 0.3) is 0 Å². The lowest BCUT2D eigenvalue weighted by Gasteiger charge is -2.26. The number of hydrogen-bond donors (Lipinski definition) is 1. The van der Waals surface area contributed by atoms with E-state index in [4.69, 9.17) is 4.74 Å². The number of ether oxygens (including phenoxy) is 1. The molecule has 0 saturated carbocycles. The lowest BCUT2D eigenvalue weighted by molar-refractivity contribution is -0.121. The van der Waals surface area contributed by atoms with Crippen LogP contribution in [-0.4, -0.2) is 24.7 Å². The van der Waals surface area contributed by atoms with Crippen molar-refractivity contribution < 1.29 is 9.53 Å². The fourth-order valence-corrected chi connectivity index (χ4v) is 1.64. The van der Waals surface area contributed by atoms with Gasteiger partial charge in [0.1, 0.15) is 0 Å². The first-order valence-corrected chi connectivity index (χ1v) is 7.32. The first kappa shape index (κ1) is 18.2. The normalized spacial score (nSPS) is 13.1. The maximum atomic E-state index is 11.1. The minimum absolute atomic E-state index is 0.0919. The van der Waals surface area contributed by atoms with Crippen molar-refractivity contribution >= 4 is 5.91 Å². The Balaban J connectivity index is 3.76. The predicted molar refractivity (Wildman–Crippen MR) is 81.2 cm³/mol. The molecule has 0 rings (SSSR count). The third-order valence-electron chi connectivity index (χ3n) is 3.23. The van der Waals surface area contributed by atoms with Crippen molar-refractivity contribution in [2.45, 2.75) is 65.9 Å². The molecule has 0 saturated heterocycles. The van der Waals surface area contributed by atoms with E-state index < -0.39 is 0 Å². The van der Waals surface area contributed by atoms with Crippen molar-refractivity contribution in [1.82, 2.24) is 5.32 Å². The standard InChI is InChI=1S/C16H31NO2/c1-7-15(18)17-12-14(4)9-11-19-16(5,6)10-8-13(2)3/h14H,2,7-12H2,1,3-6H3,(H,17,18). The van der Waals surface area contributed by atoms with E-state index in [1.165, 1.54) is 5.57 Å². The van der Waals surface area contributed by atoms with Gasteiger partial charge in [-0.2, -0.15) is 0 Å². The Labute approximate surface area is 118 Å². The summed E-state index contributed by atoms with van der Waals surface area (Å²) < 4.78 is 5.93. The van der Waals surface area contributed by atoms with Gasteiger partial charge in [-0.05, 0) is 46.0 Å². The van der Waals surface area contributed by atoms with E-state index in [2.05, 4.69) is 39.6 Å². The number of carbonyl (C=O) groups excluding carboxylic acids is 1. The summed E-state index contributed by atoms with van der Waals surface area (Å²) in [6, 6.07) is 0. The average molecular weight is 269 g/mol. The van der Waals surface area contributed by atoms with E-state index in [1.807, 2.05) is 6.92 Å².